The van der Waals surface area contributed by atoms with Crippen LogP contribution in [0.5, 0.6) is 0 Å². The van der Waals surface area contributed by atoms with Crippen LogP contribution in [-0.4, -0.2) is 49.9 Å². The SMILES string of the molecule is [CH2]CC(=O)N(C)CCN(C)C. The lowest BCUT2D eigenvalue weighted by Crippen LogP contribution is -2.32. The number of rotatable bonds is 4. The Kier molecular flexibility index (Phi) is 4.86. The highest BCUT2D eigenvalue weighted by molar-refractivity contribution is 5.76. The molecule has 0 aliphatic rings. The summed E-state index contributed by atoms with van der Waals surface area (Å²) >= 11 is 0. The van der Waals surface area contributed by atoms with Gasteiger partial charge in [-0.05, 0) is 21.0 Å². The molecule has 0 unspecified atom stereocenters. The van der Waals surface area contributed by atoms with Gasteiger partial charge in [0.1, 0.15) is 0 Å². The van der Waals surface area contributed by atoms with Crippen LogP contribution in [0.25, 0.3) is 0 Å². The van der Waals surface area contributed by atoms with Crippen molar-refractivity contribution < 1.29 is 4.79 Å². The van der Waals surface area contributed by atoms with Crippen LogP contribution in [0.3, 0.4) is 0 Å². The molecule has 0 atom stereocenters. The largest absolute Gasteiger partial charge is 0.344 e. The summed E-state index contributed by atoms with van der Waals surface area (Å²) in [5.74, 6) is 0.104. The molecule has 0 N–H and O–H groups in total. The van der Waals surface area contributed by atoms with Crippen molar-refractivity contribution >= 4 is 5.91 Å². The van der Waals surface area contributed by atoms with Crippen LogP contribution >= 0.6 is 0 Å². The lowest BCUT2D eigenvalue weighted by molar-refractivity contribution is -0.129. The van der Waals surface area contributed by atoms with Crippen molar-refractivity contribution in [3.63, 3.8) is 0 Å². The topological polar surface area (TPSA) is 23.6 Å². The first-order chi connectivity index (χ1) is 5.07. The van der Waals surface area contributed by atoms with Gasteiger partial charge in [0.2, 0.25) is 5.91 Å². The molecule has 0 fully saturated rings. The van der Waals surface area contributed by atoms with Crippen LogP contribution in [-0.2, 0) is 4.79 Å². The summed E-state index contributed by atoms with van der Waals surface area (Å²) in [5.41, 5.74) is 0. The fourth-order valence-electron chi connectivity index (χ4n) is 0.666. The van der Waals surface area contributed by atoms with Gasteiger partial charge in [0, 0.05) is 26.6 Å². The molecule has 0 aromatic rings. The van der Waals surface area contributed by atoms with Crippen molar-refractivity contribution in [3.05, 3.63) is 6.92 Å². The Labute approximate surface area is 69.0 Å². The van der Waals surface area contributed by atoms with Crippen molar-refractivity contribution in [1.82, 2.24) is 9.80 Å². The molecule has 0 aromatic carbocycles. The van der Waals surface area contributed by atoms with Crippen molar-refractivity contribution in [2.45, 2.75) is 6.42 Å². The van der Waals surface area contributed by atoms with E-state index in [0.29, 0.717) is 6.42 Å². The average molecular weight is 157 g/mol. The standard InChI is InChI=1S/C8H17N2O/c1-5-8(11)10(4)7-6-9(2)3/h1,5-7H2,2-4H3. The minimum Gasteiger partial charge on any atom is -0.344 e. The molecule has 0 saturated heterocycles. The van der Waals surface area contributed by atoms with E-state index in [1.54, 1.807) is 11.9 Å². The second-order valence-corrected chi connectivity index (χ2v) is 2.87. The zero-order chi connectivity index (χ0) is 8.85. The van der Waals surface area contributed by atoms with Crippen molar-refractivity contribution in [2.24, 2.45) is 0 Å². The molecule has 1 amide bonds. The quantitative estimate of drug-likeness (QED) is 0.583. The number of amides is 1. The Morgan fingerprint density at radius 2 is 1.82 bits per heavy atom. The highest BCUT2D eigenvalue weighted by atomic mass is 16.2. The summed E-state index contributed by atoms with van der Waals surface area (Å²) in [4.78, 5) is 14.7. The fraction of sp³-hybridized carbons (Fsp3) is 0.750. The normalized spacial score (nSPS) is 10.3. The molecule has 0 bridgehead atoms. The molecule has 0 heterocycles. The van der Waals surface area contributed by atoms with Crippen LogP contribution in [0, 0.1) is 6.92 Å². The summed E-state index contributed by atoms with van der Waals surface area (Å²) in [5, 5.41) is 0. The zero-order valence-corrected chi connectivity index (χ0v) is 7.63. The highest BCUT2D eigenvalue weighted by Gasteiger charge is 2.04. The lowest BCUT2D eigenvalue weighted by atomic mass is 10.4. The van der Waals surface area contributed by atoms with Gasteiger partial charge in [0.05, 0.1) is 0 Å². The number of hydrogen-bond donors (Lipinski definition) is 0. The Bertz CT molecular complexity index is 123. The van der Waals surface area contributed by atoms with Crippen molar-refractivity contribution in [2.75, 3.05) is 34.2 Å². The summed E-state index contributed by atoms with van der Waals surface area (Å²) in [7, 11) is 5.78. The fourth-order valence-corrected chi connectivity index (χ4v) is 0.666. The van der Waals surface area contributed by atoms with Crippen LogP contribution in [0.2, 0.25) is 0 Å². The molecule has 0 aromatic heterocycles. The van der Waals surface area contributed by atoms with E-state index < -0.39 is 0 Å². The molecule has 65 valence electrons. The molecular weight excluding hydrogens is 140 g/mol. The van der Waals surface area contributed by atoms with Gasteiger partial charge in [0.25, 0.3) is 0 Å². The maximum atomic E-state index is 11.0. The van der Waals surface area contributed by atoms with Gasteiger partial charge in [-0.2, -0.15) is 0 Å². The Balaban J connectivity index is 3.52. The third-order valence-electron chi connectivity index (χ3n) is 1.52. The molecule has 0 aliphatic carbocycles. The molecule has 0 aliphatic heterocycles. The van der Waals surface area contributed by atoms with Gasteiger partial charge in [-0.1, -0.05) is 0 Å². The van der Waals surface area contributed by atoms with E-state index in [1.165, 1.54) is 0 Å². The van der Waals surface area contributed by atoms with Crippen molar-refractivity contribution in [3.8, 4) is 0 Å². The minimum absolute atomic E-state index is 0.104. The van der Waals surface area contributed by atoms with E-state index in [9.17, 15) is 4.79 Å². The molecular formula is C8H17N2O. The molecule has 3 nitrogen and oxygen atoms in total. The van der Waals surface area contributed by atoms with E-state index in [2.05, 4.69) is 6.92 Å². The first kappa shape index (κ1) is 10.4. The molecule has 0 saturated carbocycles. The van der Waals surface area contributed by atoms with Gasteiger partial charge < -0.3 is 9.80 Å². The summed E-state index contributed by atoms with van der Waals surface area (Å²) in [6.45, 7) is 5.21. The molecule has 0 rings (SSSR count). The second-order valence-electron chi connectivity index (χ2n) is 2.87. The second kappa shape index (κ2) is 5.13. The van der Waals surface area contributed by atoms with E-state index in [-0.39, 0.29) is 5.91 Å². The van der Waals surface area contributed by atoms with Gasteiger partial charge in [-0.25, -0.2) is 0 Å². The van der Waals surface area contributed by atoms with Gasteiger partial charge in [-0.15, -0.1) is 0 Å². The summed E-state index contributed by atoms with van der Waals surface area (Å²) < 4.78 is 0. The molecule has 11 heavy (non-hydrogen) atoms. The van der Waals surface area contributed by atoms with Crippen LogP contribution in [0.15, 0.2) is 0 Å². The first-order valence-electron chi connectivity index (χ1n) is 3.76. The third-order valence-corrected chi connectivity index (χ3v) is 1.52. The Morgan fingerprint density at radius 3 is 2.18 bits per heavy atom. The third kappa shape index (κ3) is 4.79. The van der Waals surface area contributed by atoms with E-state index >= 15 is 0 Å². The number of carbonyl (C=O) groups excluding carboxylic acids is 1. The lowest BCUT2D eigenvalue weighted by Gasteiger charge is -2.18. The maximum Gasteiger partial charge on any atom is 0.222 e. The van der Waals surface area contributed by atoms with E-state index in [4.69, 9.17) is 0 Å². The minimum atomic E-state index is 0.104. The zero-order valence-electron chi connectivity index (χ0n) is 7.63. The summed E-state index contributed by atoms with van der Waals surface area (Å²) in [6, 6.07) is 0. The van der Waals surface area contributed by atoms with Gasteiger partial charge in [0.15, 0.2) is 0 Å². The Hall–Kier alpha value is -0.570. The molecule has 0 spiro atoms. The van der Waals surface area contributed by atoms with Gasteiger partial charge >= 0.3 is 0 Å². The molecule has 3 heteroatoms. The van der Waals surface area contributed by atoms with Crippen LogP contribution < -0.4 is 0 Å². The highest BCUT2D eigenvalue weighted by Crippen LogP contribution is 1.88. The maximum absolute atomic E-state index is 11.0. The Morgan fingerprint density at radius 1 is 1.27 bits per heavy atom. The molecule has 1 radical (unpaired) electrons. The smallest absolute Gasteiger partial charge is 0.222 e. The predicted octanol–water partition coefficient (Wildman–Crippen LogP) is 0.231. The van der Waals surface area contributed by atoms with E-state index in [1.807, 2.05) is 19.0 Å². The first-order valence-corrected chi connectivity index (χ1v) is 3.76. The van der Waals surface area contributed by atoms with Gasteiger partial charge in [-0.3, -0.25) is 4.79 Å². The van der Waals surface area contributed by atoms with E-state index in [0.717, 1.165) is 13.1 Å². The monoisotopic (exact) mass is 157 g/mol. The number of carbonyl (C=O) groups is 1. The number of nitrogens with zero attached hydrogens (tertiary/aromatic N) is 2. The number of likely N-dealkylation sites (N-methyl/N-ethyl adjacent to an activating group) is 2. The average Bonchev–Trinajstić information content (AvgIpc) is 1.98. The van der Waals surface area contributed by atoms with Crippen LogP contribution in [0.4, 0.5) is 0 Å². The van der Waals surface area contributed by atoms with Crippen LogP contribution in [0.1, 0.15) is 6.42 Å². The van der Waals surface area contributed by atoms with Crippen molar-refractivity contribution in [1.29, 1.82) is 0 Å². The predicted molar refractivity (Wildman–Crippen MR) is 46.2 cm³/mol. The summed E-state index contributed by atoms with van der Waals surface area (Å²) in [6.07, 6.45) is 0.351. The number of hydrogen-bond acceptors (Lipinski definition) is 2.